The monoisotopic (exact) mass is 369 g/mol. The highest BCUT2D eigenvalue weighted by Gasteiger charge is 2.43. The van der Waals surface area contributed by atoms with Crippen LogP contribution in [0.15, 0.2) is 34.4 Å². The van der Waals surface area contributed by atoms with Gasteiger partial charge in [0.2, 0.25) is 10.0 Å². The van der Waals surface area contributed by atoms with E-state index >= 15 is 0 Å². The molecule has 0 atom stereocenters. The maximum absolute atomic E-state index is 12.0. The predicted octanol–water partition coefficient (Wildman–Crippen LogP) is 0.668. The summed E-state index contributed by atoms with van der Waals surface area (Å²) in [7, 11) is -4.25. The molecule has 0 spiro atoms. The van der Waals surface area contributed by atoms with Crippen molar-refractivity contribution in [2.45, 2.75) is 25.7 Å². The van der Waals surface area contributed by atoms with Crippen molar-refractivity contribution in [3.8, 4) is 0 Å². The van der Waals surface area contributed by atoms with E-state index < -0.39 is 26.8 Å². The standard InChI is InChI=1S/C14H16N4O6S/c1-4-24-14(20)11-6-5-10(7-12(11)25(15,22)23)16-17-13(19)8(2)9(3)18(17)21/h5-7H,4H2,1-3H3,(H2-,15,16,20,22,23)/p+1. The number of benzene rings is 1. The maximum Gasteiger partial charge on any atom is 0.340 e. The number of nitrogens with zero attached hydrogens (tertiary/aromatic N) is 2. The summed E-state index contributed by atoms with van der Waals surface area (Å²) in [5.41, 5.74) is 2.78. The minimum atomic E-state index is -4.25. The molecule has 2 rings (SSSR count). The second kappa shape index (κ2) is 6.61. The van der Waals surface area contributed by atoms with Crippen LogP contribution in [0.25, 0.3) is 0 Å². The average Bonchev–Trinajstić information content (AvgIpc) is 2.72. The number of esters is 1. The van der Waals surface area contributed by atoms with Crippen molar-refractivity contribution >= 4 is 27.6 Å². The van der Waals surface area contributed by atoms with Gasteiger partial charge in [-0.05, 0) is 32.0 Å². The molecule has 11 heteroatoms. The number of hydrogen-bond acceptors (Lipinski definition) is 7. The van der Waals surface area contributed by atoms with E-state index in [-0.39, 0.29) is 29.1 Å². The molecule has 0 fully saturated rings. The van der Waals surface area contributed by atoms with Crippen LogP contribution in [0.1, 0.15) is 31.1 Å². The van der Waals surface area contributed by atoms with E-state index in [9.17, 15) is 22.9 Å². The van der Waals surface area contributed by atoms with E-state index in [1.165, 1.54) is 26.0 Å². The number of sulfonamides is 1. The highest BCUT2D eigenvalue weighted by molar-refractivity contribution is 7.89. The van der Waals surface area contributed by atoms with Crippen molar-refractivity contribution in [1.82, 2.24) is 5.12 Å². The number of anilines is 1. The highest BCUT2D eigenvalue weighted by Crippen LogP contribution is 2.24. The van der Waals surface area contributed by atoms with Gasteiger partial charge in [-0.3, -0.25) is 4.79 Å². The summed E-state index contributed by atoms with van der Waals surface area (Å²) in [4.78, 5) is 35.7. The van der Waals surface area contributed by atoms with E-state index in [2.05, 4.69) is 5.43 Å². The summed E-state index contributed by atoms with van der Waals surface area (Å²) in [6.45, 7) is 4.59. The summed E-state index contributed by atoms with van der Waals surface area (Å²) in [5.74, 6) is -1.44. The van der Waals surface area contributed by atoms with Gasteiger partial charge in [-0.25, -0.2) is 23.8 Å². The quantitative estimate of drug-likeness (QED) is 0.574. The summed E-state index contributed by atoms with van der Waals surface area (Å²) < 4.78 is 28.3. The number of amides is 1. The van der Waals surface area contributed by atoms with E-state index in [4.69, 9.17) is 9.88 Å². The van der Waals surface area contributed by atoms with Crippen LogP contribution in [-0.4, -0.2) is 36.9 Å². The molecule has 1 aromatic rings. The minimum Gasteiger partial charge on any atom is -0.462 e. The molecule has 0 bridgehead atoms. The van der Waals surface area contributed by atoms with Crippen LogP contribution in [0.3, 0.4) is 0 Å². The number of primary sulfonamides is 1. The molecule has 25 heavy (non-hydrogen) atoms. The number of hydrazine groups is 2. The molecule has 1 aliphatic heterocycles. The van der Waals surface area contributed by atoms with Gasteiger partial charge in [0.15, 0.2) is 4.87 Å². The van der Waals surface area contributed by atoms with Crippen LogP contribution in [0.2, 0.25) is 0 Å². The van der Waals surface area contributed by atoms with Crippen LogP contribution < -0.4 is 10.6 Å². The minimum absolute atomic E-state index is 0.0561. The zero-order valence-corrected chi connectivity index (χ0v) is 14.6. The van der Waals surface area contributed by atoms with Gasteiger partial charge < -0.3 is 4.74 Å². The lowest BCUT2D eigenvalue weighted by molar-refractivity contribution is -0.634. The van der Waals surface area contributed by atoms with Crippen LogP contribution >= 0.6 is 0 Å². The summed E-state index contributed by atoms with van der Waals surface area (Å²) in [5, 5.41) is 5.82. The number of rotatable bonds is 5. The largest absolute Gasteiger partial charge is 0.462 e. The molecule has 1 amide bonds. The van der Waals surface area contributed by atoms with Crippen molar-refractivity contribution in [2.75, 3.05) is 12.0 Å². The Morgan fingerprint density at radius 1 is 1.36 bits per heavy atom. The topological polar surface area (TPSA) is 139 Å². The molecule has 1 aromatic carbocycles. The second-order valence-electron chi connectivity index (χ2n) is 5.19. The lowest BCUT2D eigenvalue weighted by Gasteiger charge is -2.12. The van der Waals surface area contributed by atoms with Gasteiger partial charge in [-0.1, -0.05) is 0 Å². The Kier molecular flexibility index (Phi) is 4.90. The molecule has 134 valence electrons. The van der Waals surface area contributed by atoms with E-state index in [1.54, 1.807) is 6.92 Å². The SMILES string of the molecule is CCOC(=O)c1ccc(NN2C(=O)C(C)=C(C)[N+]2=O)cc1S(N)(=O)=O. The first-order valence-electron chi connectivity index (χ1n) is 7.17. The second-order valence-corrected chi connectivity index (χ2v) is 6.72. The van der Waals surface area contributed by atoms with Gasteiger partial charge >= 0.3 is 11.9 Å². The summed E-state index contributed by atoms with van der Waals surface area (Å²) in [6, 6.07) is 3.56. The van der Waals surface area contributed by atoms with Crippen molar-refractivity contribution in [2.24, 2.45) is 5.14 Å². The third kappa shape index (κ3) is 3.51. The number of allylic oxidation sites excluding steroid dienone is 1. The van der Waals surface area contributed by atoms with E-state index in [1.807, 2.05) is 0 Å². The zero-order chi connectivity index (χ0) is 18.9. The Hall–Kier alpha value is -2.79. The van der Waals surface area contributed by atoms with E-state index in [0.717, 1.165) is 6.07 Å². The Morgan fingerprint density at radius 2 is 2.00 bits per heavy atom. The molecule has 0 unspecified atom stereocenters. The molecular formula is C14H17N4O6S+. The summed E-state index contributed by atoms with van der Waals surface area (Å²) >= 11 is 0. The Bertz CT molecular complexity index is 882. The lowest BCUT2D eigenvalue weighted by Crippen LogP contribution is -2.37. The number of ether oxygens (including phenoxy) is 1. The molecule has 1 heterocycles. The van der Waals surface area contributed by atoms with Crippen LogP contribution in [0.4, 0.5) is 5.69 Å². The van der Waals surface area contributed by atoms with Crippen LogP contribution in [0.5, 0.6) is 0 Å². The molecule has 0 radical (unpaired) electrons. The fourth-order valence-electron chi connectivity index (χ4n) is 2.11. The van der Waals surface area contributed by atoms with Gasteiger partial charge in [0.25, 0.3) is 5.70 Å². The molecule has 0 aliphatic carbocycles. The molecule has 0 aromatic heterocycles. The van der Waals surface area contributed by atoms with Crippen LogP contribution in [0, 0.1) is 4.91 Å². The van der Waals surface area contributed by atoms with Crippen molar-refractivity contribution in [3.05, 3.63) is 39.9 Å². The van der Waals surface area contributed by atoms with Crippen molar-refractivity contribution < 1.29 is 27.6 Å². The average molecular weight is 369 g/mol. The third-order valence-electron chi connectivity index (χ3n) is 3.54. The van der Waals surface area contributed by atoms with Gasteiger partial charge in [0, 0.05) is 12.0 Å². The fraction of sp³-hybridized carbons (Fsp3) is 0.286. The molecule has 1 aliphatic rings. The number of nitrogens with one attached hydrogen (secondary N) is 1. The molecule has 3 N–H and O–H groups in total. The van der Waals surface area contributed by atoms with E-state index in [0.29, 0.717) is 9.99 Å². The van der Waals surface area contributed by atoms with Gasteiger partial charge in [0.05, 0.1) is 33.2 Å². The molecular weight excluding hydrogens is 352 g/mol. The Morgan fingerprint density at radius 3 is 2.48 bits per heavy atom. The number of nitrogens with two attached hydrogens (primary N) is 1. The highest BCUT2D eigenvalue weighted by atomic mass is 32.2. The Balaban J connectivity index is 2.41. The van der Waals surface area contributed by atoms with Crippen LogP contribution in [-0.2, 0) is 19.6 Å². The number of hydrogen-bond donors (Lipinski definition) is 2. The predicted molar refractivity (Wildman–Crippen MR) is 86.2 cm³/mol. The fourth-order valence-corrected chi connectivity index (χ4v) is 2.86. The number of carbonyl (C=O) groups excluding carboxylic acids is 2. The lowest BCUT2D eigenvalue weighted by atomic mass is 10.2. The van der Waals surface area contributed by atoms with Gasteiger partial charge in [-0.15, -0.1) is 0 Å². The Labute approximate surface area is 143 Å². The maximum atomic E-state index is 12.0. The number of carbonyl (C=O) groups is 2. The molecule has 0 saturated carbocycles. The summed E-state index contributed by atoms with van der Waals surface area (Å²) in [6.07, 6.45) is 0. The van der Waals surface area contributed by atoms with Crippen molar-refractivity contribution in [1.29, 1.82) is 0 Å². The first kappa shape index (κ1) is 18.5. The first-order valence-corrected chi connectivity index (χ1v) is 8.72. The third-order valence-corrected chi connectivity index (χ3v) is 4.49. The molecule has 10 nitrogen and oxygen atoms in total. The first-order chi connectivity index (χ1) is 11.6. The smallest absolute Gasteiger partial charge is 0.340 e. The van der Waals surface area contributed by atoms with Crippen molar-refractivity contribution in [3.63, 3.8) is 0 Å². The zero-order valence-electron chi connectivity index (χ0n) is 13.8. The molecule has 0 saturated heterocycles. The van der Waals surface area contributed by atoms with Gasteiger partial charge in [0.1, 0.15) is 0 Å². The van der Waals surface area contributed by atoms with Gasteiger partial charge in [-0.2, -0.15) is 0 Å². The number of nitroso groups, excluding NO2 is 1. The normalized spacial score (nSPS) is 15.0.